The lowest BCUT2D eigenvalue weighted by Crippen LogP contribution is -2.46. The number of likely N-dealkylation sites (N-methyl/N-ethyl adjacent to an activating group) is 1. The van der Waals surface area contributed by atoms with E-state index in [0.29, 0.717) is 44.7 Å². The van der Waals surface area contributed by atoms with Crippen molar-refractivity contribution in [2.24, 2.45) is 11.8 Å². The van der Waals surface area contributed by atoms with E-state index in [-0.39, 0.29) is 31.0 Å². The molecular weight excluding hydrogens is 588 g/mol. The molecule has 1 unspecified atom stereocenters. The lowest BCUT2D eigenvalue weighted by atomic mass is 9.85. The van der Waals surface area contributed by atoms with Crippen molar-refractivity contribution >= 4 is 28.2 Å². The van der Waals surface area contributed by atoms with Gasteiger partial charge in [-0.25, -0.2) is 6.57 Å². The highest BCUT2D eigenvalue weighted by Crippen LogP contribution is 2.36. The second-order valence-corrected chi connectivity index (χ2v) is 13.0. The summed E-state index contributed by atoms with van der Waals surface area (Å²) in [5, 5.41) is 2.46. The van der Waals surface area contributed by atoms with Crippen molar-refractivity contribution in [1.82, 2.24) is 14.9 Å². The van der Waals surface area contributed by atoms with E-state index >= 15 is 0 Å². The van der Waals surface area contributed by atoms with Gasteiger partial charge in [0.1, 0.15) is 19.0 Å². The van der Waals surface area contributed by atoms with Gasteiger partial charge in [0.15, 0.2) is 0 Å². The molecule has 4 aromatic rings. The van der Waals surface area contributed by atoms with E-state index < -0.39 is 0 Å². The number of esters is 1. The smallest absolute Gasteiger partial charge is 0.318 e. The third-order valence-electron chi connectivity index (χ3n) is 10.1. The molecule has 1 aromatic heterocycles. The van der Waals surface area contributed by atoms with Gasteiger partial charge < -0.3 is 29.0 Å². The van der Waals surface area contributed by atoms with E-state index in [1.54, 1.807) is 0 Å². The van der Waals surface area contributed by atoms with Gasteiger partial charge in [0, 0.05) is 42.3 Å². The molecule has 3 aliphatic rings. The lowest BCUT2D eigenvalue weighted by molar-refractivity contribution is -0.152. The molecule has 0 bridgehead atoms. The van der Waals surface area contributed by atoms with E-state index in [1.807, 2.05) is 30.3 Å². The Morgan fingerprint density at radius 3 is 2.62 bits per heavy atom. The zero-order valence-corrected chi connectivity index (χ0v) is 27.1. The number of carbonyl (C=O) groups is 1. The van der Waals surface area contributed by atoms with Crippen molar-refractivity contribution in [3.8, 4) is 6.01 Å². The molecule has 2 fully saturated rings. The van der Waals surface area contributed by atoms with Gasteiger partial charge in [0.05, 0.1) is 24.1 Å². The van der Waals surface area contributed by atoms with E-state index in [9.17, 15) is 4.79 Å². The van der Waals surface area contributed by atoms with Crippen LogP contribution in [0.25, 0.3) is 15.6 Å². The second-order valence-electron chi connectivity index (χ2n) is 13.0. The van der Waals surface area contributed by atoms with Crippen molar-refractivity contribution in [1.29, 1.82) is 0 Å². The van der Waals surface area contributed by atoms with Crippen molar-refractivity contribution in [3.05, 3.63) is 101 Å². The molecule has 9 nitrogen and oxygen atoms in total. The fourth-order valence-electron chi connectivity index (χ4n) is 7.44. The van der Waals surface area contributed by atoms with Crippen LogP contribution in [0.4, 0.5) is 11.5 Å². The Kier molecular flexibility index (Phi) is 9.20. The number of nitrogens with zero attached hydrogens (tertiary/aromatic N) is 6. The quantitative estimate of drug-likeness (QED) is 0.171. The fraction of sp³-hybridized carbons (Fsp3) is 0.421. The van der Waals surface area contributed by atoms with Crippen LogP contribution in [0.3, 0.4) is 0 Å². The number of ether oxygens (including phenoxy) is 2. The molecule has 4 heterocycles. The SMILES string of the molecule is [C-]#[N+]C[C@H]1CN(c2nc(OC[C@@H]3CCCN3C)nc3c2CCN(c2cccc4ccccc24)C3)CCC1C(=O)OCc1ccccc1. The van der Waals surface area contributed by atoms with Crippen molar-refractivity contribution in [3.63, 3.8) is 0 Å². The number of benzene rings is 3. The van der Waals surface area contributed by atoms with Gasteiger partial charge in [-0.05, 0) is 56.3 Å². The van der Waals surface area contributed by atoms with Gasteiger partial charge in [0.25, 0.3) is 0 Å². The van der Waals surface area contributed by atoms with Crippen molar-refractivity contribution in [2.75, 3.05) is 56.2 Å². The molecule has 0 N–H and O–H groups in total. The number of aromatic nitrogens is 2. The third-order valence-corrected chi connectivity index (χ3v) is 10.1. The van der Waals surface area contributed by atoms with Gasteiger partial charge >= 0.3 is 12.0 Å². The summed E-state index contributed by atoms with van der Waals surface area (Å²) in [5.41, 5.74) is 4.28. The molecule has 7 rings (SSSR count). The highest BCUT2D eigenvalue weighted by atomic mass is 16.5. The maximum absolute atomic E-state index is 13.3. The van der Waals surface area contributed by atoms with Gasteiger partial charge in [-0.3, -0.25) is 4.79 Å². The van der Waals surface area contributed by atoms with E-state index in [4.69, 9.17) is 26.0 Å². The van der Waals surface area contributed by atoms with Crippen LogP contribution in [-0.4, -0.2) is 73.3 Å². The van der Waals surface area contributed by atoms with Crippen LogP contribution in [0.1, 0.15) is 36.1 Å². The Bertz CT molecular complexity index is 1750. The standard InChI is InChI=1S/C38H42N6O3/c1-39-22-29-23-44(21-17-32(29)37(45)46-25-27-10-4-3-5-11-27)36-33-18-20-43(35-16-8-13-28-12-6-7-15-31(28)35)24-34(33)40-38(41-36)47-26-30-14-9-19-42(30)2/h3-8,10-13,15-16,29-30,32H,9,14,17-26H2,2H3/t29-,30-,32?/m0/s1. The monoisotopic (exact) mass is 630 g/mol. The molecule has 2 saturated heterocycles. The number of likely N-dealkylation sites (tertiary alicyclic amines) is 1. The summed E-state index contributed by atoms with van der Waals surface area (Å²) >= 11 is 0. The maximum Gasteiger partial charge on any atom is 0.318 e. The Labute approximate surface area is 276 Å². The Balaban J connectivity index is 1.15. The maximum atomic E-state index is 13.3. The first-order valence-corrected chi connectivity index (χ1v) is 16.8. The number of anilines is 2. The molecule has 0 spiro atoms. The average molecular weight is 631 g/mol. The Morgan fingerprint density at radius 1 is 0.957 bits per heavy atom. The first-order valence-electron chi connectivity index (χ1n) is 16.8. The summed E-state index contributed by atoms with van der Waals surface area (Å²) < 4.78 is 12.1. The molecule has 242 valence electrons. The second kappa shape index (κ2) is 14.0. The summed E-state index contributed by atoms with van der Waals surface area (Å²) in [6.45, 7) is 12.5. The van der Waals surface area contributed by atoms with Gasteiger partial charge in [-0.2, -0.15) is 9.97 Å². The summed E-state index contributed by atoms with van der Waals surface area (Å²) in [5.74, 6) is 0.190. The van der Waals surface area contributed by atoms with Gasteiger partial charge in [0.2, 0.25) is 6.54 Å². The topological polar surface area (TPSA) is 75.4 Å². The van der Waals surface area contributed by atoms with Crippen molar-refractivity contribution < 1.29 is 14.3 Å². The number of carbonyl (C=O) groups excluding carboxylic acids is 1. The minimum atomic E-state index is -0.322. The number of fused-ring (bicyclic) bond motifs is 2. The average Bonchev–Trinajstić information content (AvgIpc) is 3.53. The minimum absolute atomic E-state index is 0.151. The first kappa shape index (κ1) is 30.9. The lowest BCUT2D eigenvalue weighted by Gasteiger charge is -2.38. The summed E-state index contributed by atoms with van der Waals surface area (Å²) in [4.78, 5) is 34.1. The van der Waals surface area contributed by atoms with Crippen molar-refractivity contribution in [2.45, 2.75) is 44.9 Å². The molecule has 0 saturated carbocycles. The Morgan fingerprint density at radius 2 is 1.79 bits per heavy atom. The van der Waals surface area contributed by atoms with Crippen LogP contribution in [-0.2, 0) is 29.1 Å². The van der Waals surface area contributed by atoms with Gasteiger partial charge in [-0.1, -0.05) is 66.7 Å². The first-order chi connectivity index (χ1) is 23.1. The van der Waals surface area contributed by atoms with Crippen LogP contribution >= 0.6 is 0 Å². The largest absolute Gasteiger partial charge is 0.462 e. The fourth-order valence-corrected chi connectivity index (χ4v) is 7.44. The number of hydrogen-bond donors (Lipinski definition) is 0. The van der Waals surface area contributed by atoms with Crippen LogP contribution in [0.15, 0.2) is 72.8 Å². The number of rotatable bonds is 9. The van der Waals surface area contributed by atoms with Crippen LogP contribution in [0.5, 0.6) is 6.01 Å². The molecule has 0 radical (unpaired) electrons. The highest BCUT2D eigenvalue weighted by Gasteiger charge is 2.39. The molecule has 9 heteroatoms. The zero-order valence-electron chi connectivity index (χ0n) is 27.1. The molecule has 3 aromatic carbocycles. The molecule has 3 aliphatic heterocycles. The highest BCUT2D eigenvalue weighted by molar-refractivity contribution is 5.94. The van der Waals surface area contributed by atoms with E-state index in [1.165, 1.54) is 22.9 Å². The summed E-state index contributed by atoms with van der Waals surface area (Å²) in [6.07, 6.45) is 3.69. The van der Waals surface area contributed by atoms with Crippen LogP contribution in [0.2, 0.25) is 0 Å². The van der Waals surface area contributed by atoms with Gasteiger partial charge in [-0.15, -0.1) is 0 Å². The molecule has 47 heavy (non-hydrogen) atoms. The normalized spacial score (nSPS) is 21.3. The summed E-state index contributed by atoms with van der Waals surface area (Å²) in [6, 6.07) is 25.5. The molecular formula is C38H42N6O3. The predicted molar refractivity (Wildman–Crippen MR) is 183 cm³/mol. The van der Waals surface area contributed by atoms with E-state index in [0.717, 1.165) is 48.6 Å². The minimum Gasteiger partial charge on any atom is -0.462 e. The zero-order chi connectivity index (χ0) is 32.2. The molecule has 3 atom stereocenters. The number of piperidine rings is 1. The number of hydrogen-bond acceptors (Lipinski definition) is 8. The molecule has 0 aliphatic carbocycles. The predicted octanol–water partition coefficient (Wildman–Crippen LogP) is 5.77. The molecule has 0 amide bonds. The third kappa shape index (κ3) is 6.75. The van der Waals surface area contributed by atoms with E-state index in [2.05, 4.69) is 69.1 Å². The van der Waals surface area contributed by atoms with Crippen LogP contribution < -0.4 is 14.5 Å². The Hall–Kier alpha value is -4.68. The summed E-state index contributed by atoms with van der Waals surface area (Å²) in [7, 11) is 2.15. The van der Waals surface area contributed by atoms with Crippen LogP contribution in [0, 0.1) is 18.4 Å².